The second-order valence-electron chi connectivity index (χ2n) is 4.31. The van der Waals surface area contributed by atoms with Gasteiger partial charge in [-0.3, -0.25) is 4.68 Å². The molecule has 1 atom stereocenters. The van der Waals surface area contributed by atoms with Gasteiger partial charge in [0.2, 0.25) is 0 Å². The number of nitrogens with one attached hydrogen (secondary N) is 1. The Bertz CT molecular complexity index is 282. The Morgan fingerprint density at radius 3 is 2.69 bits per heavy atom. The Hall–Kier alpha value is -0.900. The van der Waals surface area contributed by atoms with Gasteiger partial charge >= 0.3 is 0 Å². The summed E-state index contributed by atoms with van der Waals surface area (Å²) in [6.07, 6.45) is 7.93. The Kier molecular flexibility index (Phi) is 6.08. The maximum atomic E-state index is 4.22. The van der Waals surface area contributed by atoms with Gasteiger partial charge in [0, 0.05) is 13.1 Å². The summed E-state index contributed by atoms with van der Waals surface area (Å²) in [7, 11) is 1.94. The molecule has 4 nitrogen and oxygen atoms in total. The van der Waals surface area contributed by atoms with Crippen molar-refractivity contribution in [2.75, 3.05) is 0 Å². The summed E-state index contributed by atoms with van der Waals surface area (Å²) in [6.45, 7) is 5.31. The predicted octanol–water partition coefficient (Wildman–Crippen LogP) is 2.26. The number of hydrogen-bond donors (Lipinski definition) is 1. The number of aryl methyl sites for hydroxylation is 1. The minimum absolute atomic E-state index is 0.627. The lowest BCUT2D eigenvalue weighted by Crippen LogP contribution is -2.29. The van der Waals surface area contributed by atoms with Crippen LogP contribution in [0.5, 0.6) is 0 Å². The summed E-state index contributed by atoms with van der Waals surface area (Å²) in [5.41, 5.74) is 0. The van der Waals surface area contributed by atoms with Crippen LogP contribution < -0.4 is 5.32 Å². The van der Waals surface area contributed by atoms with Gasteiger partial charge in [-0.15, -0.1) is 0 Å². The molecule has 16 heavy (non-hydrogen) atoms. The maximum absolute atomic E-state index is 4.22. The van der Waals surface area contributed by atoms with E-state index in [0.717, 1.165) is 12.4 Å². The van der Waals surface area contributed by atoms with Gasteiger partial charge in [-0.1, -0.05) is 33.1 Å². The quantitative estimate of drug-likeness (QED) is 0.736. The van der Waals surface area contributed by atoms with Gasteiger partial charge in [0.15, 0.2) is 0 Å². The van der Waals surface area contributed by atoms with Crippen LogP contribution in [0.2, 0.25) is 0 Å². The third kappa shape index (κ3) is 4.31. The third-order valence-electron chi connectivity index (χ3n) is 2.90. The second kappa shape index (κ2) is 7.39. The molecule has 0 fully saturated rings. The molecule has 0 aromatic carbocycles. The molecule has 1 aromatic rings. The normalized spacial score (nSPS) is 12.9. The lowest BCUT2D eigenvalue weighted by molar-refractivity contribution is 0.424. The van der Waals surface area contributed by atoms with E-state index in [0.29, 0.717) is 6.04 Å². The average molecular weight is 224 g/mol. The van der Waals surface area contributed by atoms with E-state index in [1.807, 2.05) is 11.7 Å². The Morgan fingerprint density at radius 2 is 2.12 bits per heavy atom. The second-order valence-corrected chi connectivity index (χ2v) is 4.31. The highest BCUT2D eigenvalue weighted by atomic mass is 15.3. The highest BCUT2D eigenvalue weighted by Gasteiger charge is 2.08. The highest BCUT2D eigenvalue weighted by Crippen LogP contribution is 2.07. The maximum Gasteiger partial charge on any atom is 0.140 e. The first-order chi connectivity index (χ1) is 7.77. The molecular formula is C12H24N4. The number of hydrogen-bond acceptors (Lipinski definition) is 3. The lowest BCUT2D eigenvalue weighted by Gasteiger charge is -2.17. The molecule has 4 heteroatoms. The average Bonchev–Trinajstić information content (AvgIpc) is 2.68. The van der Waals surface area contributed by atoms with Crippen molar-refractivity contribution in [2.24, 2.45) is 7.05 Å². The van der Waals surface area contributed by atoms with Crippen molar-refractivity contribution in [3.8, 4) is 0 Å². The van der Waals surface area contributed by atoms with Crippen molar-refractivity contribution >= 4 is 0 Å². The number of rotatable bonds is 8. The SMILES string of the molecule is CCCCC(CCC)NCc1ncnn1C. The van der Waals surface area contributed by atoms with E-state index in [9.17, 15) is 0 Å². The highest BCUT2D eigenvalue weighted by molar-refractivity contribution is 4.83. The Labute approximate surface area is 98.5 Å². The molecule has 92 valence electrons. The summed E-state index contributed by atoms with van der Waals surface area (Å²) in [5.74, 6) is 1.01. The van der Waals surface area contributed by atoms with Crippen LogP contribution in [0.25, 0.3) is 0 Å². The van der Waals surface area contributed by atoms with Crippen LogP contribution >= 0.6 is 0 Å². The zero-order valence-corrected chi connectivity index (χ0v) is 10.7. The van der Waals surface area contributed by atoms with E-state index < -0.39 is 0 Å². The molecule has 1 N–H and O–H groups in total. The Morgan fingerprint density at radius 1 is 1.31 bits per heavy atom. The van der Waals surface area contributed by atoms with Crippen LogP contribution in [0, 0.1) is 0 Å². The summed E-state index contributed by atoms with van der Waals surface area (Å²) in [4.78, 5) is 4.22. The van der Waals surface area contributed by atoms with Gasteiger partial charge in [-0.05, 0) is 12.8 Å². The third-order valence-corrected chi connectivity index (χ3v) is 2.90. The molecule has 0 radical (unpaired) electrons. The van der Waals surface area contributed by atoms with Crippen LogP contribution in [0.1, 0.15) is 51.8 Å². The predicted molar refractivity (Wildman–Crippen MR) is 66.1 cm³/mol. The molecule has 1 rings (SSSR count). The molecule has 0 aliphatic rings. The molecule has 1 heterocycles. The van der Waals surface area contributed by atoms with Crippen LogP contribution in [0.15, 0.2) is 6.33 Å². The molecule has 1 aromatic heterocycles. The standard InChI is InChI=1S/C12H24N4/c1-4-6-8-11(7-5-2)13-9-12-14-10-15-16(12)3/h10-11,13H,4-9H2,1-3H3. The Balaban J connectivity index is 2.34. The van der Waals surface area contributed by atoms with Crippen molar-refractivity contribution < 1.29 is 0 Å². The minimum Gasteiger partial charge on any atom is -0.307 e. The fourth-order valence-electron chi connectivity index (χ4n) is 1.86. The van der Waals surface area contributed by atoms with E-state index in [1.165, 1.54) is 32.1 Å². The van der Waals surface area contributed by atoms with Gasteiger partial charge < -0.3 is 5.32 Å². The van der Waals surface area contributed by atoms with Gasteiger partial charge in [0.1, 0.15) is 12.2 Å². The number of unbranched alkanes of at least 4 members (excludes halogenated alkanes) is 1. The first kappa shape index (κ1) is 13.2. The van der Waals surface area contributed by atoms with Crippen LogP contribution in [-0.2, 0) is 13.6 Å². The van der Waals surface area contributed by atoms with Crippen molar-refractivity contribution in [1.82, 2.24) is 20.1 Å². The monoisotopic (exact) mass is 224 g/mol. The zero-order valence-electron chi connectivity index (χ0n) is 10.7. The summed E-state index contributed by atoms with van der Waals surface area (Å²) in [6, 6.07) is 0.627. The van der Waals surface area contributed by atoms with Gasteiger partial charge in [-0.25, -0.2) is 4.98 Å². The molecule has 0 bridgehead atoms. The van der Waals surface area contributed by atoms with Gasteiger partial charge in [0.25, 0.3) is 0 Å². The first-order valence-corrected chi connectivity index (χ1v) is 6.34. The minimum atomic E-state index is 0.627. The van der Waals surface area contributed by atoms with E-state index >= 15 is 0 Å². The number of aromatic nitrogens is 3. The van der Waals surface area contributed by atoms with E-state index in [1.54, 1.807) is 6.33 Å². The summed E-state index contributed by atoms with van der Waals surface area (Å²) < 4.78 is 1.83. The van der Waals surface area contributed by atoms with Gasteiger partial charge in [-0.2, -0.15) is 5.10 Å². The van der Waals surface area contributed by atoms with E-state index in [4.69, 9.17) is 0 Å². The topological polar surface area (TPSA) is 42.7 Å². The van der Waals surface area contributed by atoms with E-state index in [-0.39, 0.29) is 0 Å². The molecule has 0 spiro atoms. The fourth-order valence-corrected chi connectivity index (χ4v) is 1.86. The van der Waals surface area contributed by atoms with Crippen molar-refractivity contribution in [2.45, 2.75) is 58.5 Å². The fraction of sp³-hybridized carbons (Fsp3) is 0.833. The molecule has 0 saturated heterocycles. The molecule has 1 unspecified atom stereocenters. The van der Waals surface area contributed by atoms with Crippen molar-refractivity contribution in [3.63, 3.8) is 0 Å². The lowest BCUT2D eigenvalue weighted by atomic mass is 10.1. The van der Waals surface area contributed by atoms with Crippen molar-refractivity contribution in [1.29, 1.82) is 0 Å². The van der Waals surface area contributed by atoms with Gasteiger partial charge in [0.05, 0.1) is 6.54 Å². The summed E-state index contributed by atoms with van der Waals surface area (Å²) in [5, 5.41) is 7.64. The molecule has 0 aliphatic heterocycles. The zero-order chi connectivity index (χ0) is 11.8. The number of nitrogens with zero attached hydrogens (tertiary/aromatic N) is 3. The smallest absolute Gasteiger partial charge is 0.140 e. The van der Waals surface area contributed by atoms with Crippen molar-refractivity contribution in [3.05, 3.63) is 12.2 Å². The van der Waals surface area contributed by atoms with Crippen LogP contribution in [0.4, 0.5) is 0 Å². The largest absolute Gasteiger partial charge is 0.307 e. The van der Waals surface area contributed by atoms with Crippen LogP contribution in [-0.4, -0.2) is 20.8 Å². The molecule has 0 amide bonds. The van der Waals surface area contributed by atoms with E-state index in [2.05, 4.69) is 29.2 Å². The van der Waals surface area contributed by atoms with Crippen LogP contribution in [0.3, 0.4) is 0 Å². The summed E-state index contributed by atoms with van der Waals surface area (Å²) >= 11 is 0. The molecule has 0 aliphatic carbocycles. The molecular weight excluding hydrogens is 200 g/mol. The first-order valence-electron chi connectivity index (χ1n) is 6.34. The molecule has 0 saturated carbocycles.